The summed E-state index contributed by atoms with van der Waals surface area (Å²) in [6.07, 6.45) is 0.770. The largest absolute Gasteiger partial charge is 0.493 e. The Balaban J connectivity index is 2.00. The quantitative estimate of drug-likeness (QED) is 0.850. The van der Waals surface area contributed by atoms with E-state index in [-0.39, 0.29) is 12.5 Å². The Bertz CT molecular complexity index is 426. The zero-order valence-electron chi connectivity index (χ0n) is 10.9. The van der Waals surface area contributed by atoms with E-state index in [9.17, 15) is 9.90 Å². The molecule has 2 unspecified atom stereocenters. The lowest BCUT2D eigenvalue weighted by molar-refractivity contribution is -0.145. The summed E-state index contributed by atoms with van der Waals surface area (Å²) in [6, 6.07) is 7.21. The average Bonchev–Trinajstić information content (AvgIpc) is 2.93. The normalized spacial score (nSPS) is 19.9. The van der Waals surface area contributed by atoms with Gasteiger partial charge in [-0.3, -0.25) is 4.79 Å². The van der Waals surface area contributed by atoms with Crippen molar-refractivity contribution < 1.29 is 24.1 Å². The van der Waals surface area contributed by atoms with E-state index >= 15 is 0 Å². The van der Waals surface area contributed by atoms with E-state index in [4.69, 9.17) is 14.2 Å². The van der Waals surface area contributed by atoms with Crippen LogP contribution in [0.4, 0.5) is 0 Å². The van der Waals surface area contributed by atoms with Crippen molar-refractivity contribution in [3.05, 3.63) is 24.3 Å². The first-order chi connectivity index (χ1) is 9.22. The van der Waals surface area contributed by atoms with Crippen LogP contribution < -0.4 is 9.47 Å². The van der Waals surface area contributed by atoms with Crippen molar-refractivity contribution in [3.8, 4) is 11.5 Å². The highest BCUT2D eigenvalue weighted by Gasteiger charge is 2.32. The van der Waals surface area contributed by atoms with Gasteiger partial charge in [-0.05, 0) is 18.6 Å². The van der Waals surface area contributed by atoms with Crippen molar-refractivity contribution in [1.82, 2.24) is 0 Å². The fraction of sp³-hybridized carbons (Fsp3) is 0.500. The summed E-state index contributed by atoms with van der Waals surface area (Å²) in [7, 11) is 1.56. The maximum absolute atomic E-state index is 11.3. The summed E-state index contributed by atoms with van der Waals surface area (Å²) in [5.74, 6) is -0.200. The van der Waals surface area contributed by atoms with Crippen LogP contribution in [0.5, 0.6) is 11.5 Å². The molecule has 0 aliphatic carbocycles. The highest BCUT2D eigenvalue weighted by atomic mass is 16.5. The molecule has 5 heteroatoms. The van der Waals surface area contributed by atoms with E-state index in [0.717, 1.165) is 6.42 Å². The van der Waals surface area contributed by atoms with Gasteiger partial charge in [-0.25, -0.2) is 0 Å². The number of benzene rings is 1. The molecule has 0 aromatic heterocycles. The Morgan fingerprint density at radius 2 is 2.21 bits per heavy atom. The summed E-state index contributed by atoms with van der Waals surface area (Å²) >= 11 is 0. The average molecular weight is 266 g/mol. The molecule has 19 heavy (non-hydrogen) atoms. The van der Waals surface area contributed by atoms with Crippen LogP contribution in [0.2, 0.25) is 0 Å². The second-order valence-electron chi connectivity index (χ2n) is 4.53. The van der Waals surface area contributed by atoms with Crippen molar-refractivity contribution in [2.75, 3.05) is 26.9 Å². The molecule has 5 nitrogen and oxygen atoms in total. The number of carbonyl (C=O) groups is 1. The van der Waals surface area contributed by atoms with Gasteiger partial charge in [0.25, 0.3) is 0 Å². The first-order valence-corrected chi connectivity index (χ1v) is 6.28. The predicted molar refractivity (Wildman–Crippen MR) is 68.5 cm³/mol. The number of para-hydroxylation sites is 2. The fourth-order valence-corrected chi connectivity index (χ4v) is 2.20. The second kappa shape index (κ2) is 6.43. The van der Waals surface area contributed by atoms with Gasteiger partial charge in [0.2, 0.25) is 0 Å². The minimum Gasteiger partial charge on any atom is -0.493 e. The molecule has 104 valence electrons. The number of hydrogen-bond acceptors (Lipinski definition) is 4. The van der Waals surface area contributed by atoms with Gasteiger partial charge in [0.05, 0.1) is 19.6 Å². The van der Waals surface area contributed by atoms with Gasteiger partial charge in [-0.15, -0.1) is 0 Å². The Kier molecular flexibility index (Phi) is 4.63. The number of methoxy groups -OCH3 is 1. The zero-order valence-corrected chi connectivity index (χ0v) is 10.9. The van der Waals surface area contributed by atoms with Crippen LogP contribution in [0.3, 0.4) is 0 Å². The van der Waals surface area contributed by atoms with Crippen LogP contribution in [-0.4, -0.2) is 38.0 Å². The second-order valence-corrected chi connectivity index (χ2v) is 4.53. The summed E-state index contributed by atoms with van der Waals surface area (Å²) in [6.45, 7) is 1.25. The van der Waals surface area contributed by atoms with Gasteiger partial charge in [0, 0.05) is 12.5 Å². The van der Waals surface area contributed by atoms with Crippen LogP contribution >= 0.6 is 0 Å². The molecule has 0 saturated carbocycles. The lowest BCUT2D eigenvalue weighted by atomic mass is 9.92. The van der Waals surface area contributed by atoms with Crippen LogP contribution in [-0.2, 0) is 9.53 Å². The number of ether oxygens (including phenoxy) is 3. The van der Waals surface area contributed by atoms with E-state index in [1.807, 2.05) is 12.1 Å². The lowest BCUT2D eigenvalue weighted by Crippen LogP contribution is -2.29. The van der Waals surface area contributed by atoms with E-state index < -0.39 is 11.9 Å². The van der Waals surface area contributed by atoms with Crippen molar-refractivity contribution in [3.63, 3.8) is 0 Å². The highest BCUT2D eigenvalue weighted by Crippen LogP contribution is 2.28. The molecule has 1 saturated heterocycles. The zero-order chi connectivity index (χ0) is 13.7. The SMILES string of the molecule is COc1ccccc1OCC(C(=O)O)C1CCOC1. The van der Waals surface area contributed by atoms with Gasteiger partial charge in [-0.2, -0.15) is 0 Å². The third-order valence-corrected chi connectivity index (χ3v) is 3.34. The molecule has 2 atom stereocenters. The Hall–Kier alpha value is -1.75. The summed E-state index contributed by atoms with van der Waals surface area (Å²) < 4.78 is 16.0. The van der Waals surface area contributed by atoms with Crippen LogP contribution in [0.25, 0.3) is 0 Å². The molecule has 0 bridgehead atoms. The van der Waals surface area contributed by atoms with Crippen LogP contribution in [0.15, 0.2) is 24.3 Å². The van der Waals surface area contributed by atoms with Gasteiger partial charge < -0.3 is 19.3 Å². The molecule has 0 amide bonds. The van der Waals surface area contributed by atoms with Gasteiger partial charge in [-0.1, -0.05) is 12.1 Å². The van der Waals surface area contributed by atoms with E-state index in [1.54, 1.807) is 19.2 Å². The van der Waals surface area contributed by atoms with Crippen molar-refractivity contribution in [2.24, 2.45) is 11.8 Å². The van der Waals surface area contributed by atoms with E-state index in [0.29, 0.717) is 24.7 Å². The number of carboxylic acid groups (broad SMARTS) is 1. The Morgan fingerprint density at radius 3 is 2.79 bits per heavy atom. The maximum atomic E-state index is 11.3. The van der Waals surface area contributed by atoms with Gasteiger partial charge in [0.15, 0.2) is 11.5 Å². The molecular weight excluding hydrogens is 248 g/mol. The smallest absolute Gasteiger partial charge is 0.310 e. The summed E-state index contributed by atoms with van der Waals surface area (Å²) in [4.78, 5) is 11.3. The molecule has 1 aliphatic rings. The van der Waals surface area contributed by atoms with Gasteiger partial charge >= 0.3 is 5.97 Å². The third kappa shape index (κ3) is 3.38. The van der Waals surface area contributed by atoms with Gasteiger partial charge in [0.1, 0.15) is 6.61 Å². The van der Waals surface area contributed by atoms with Crippen molar-refractivity contribution in [2.45, 2.75) is 6.42 Å². The molecule has 1 aromatic rings. The molecule has 1 aliphatic heterocycles. The fourth-order valence-electron chi connectivity index (χ4n) is 2.20. The highest BCUT2D eigenvalue weighted by molar-refractivity contribution is 5.70. The first kappa shape index (κ1) is 13.7. The molecule has 1 aromatic carbocycles. The molecular formula is C14H18O5. The monoisotopic (exact) mass is 266 g/mol. The minimum atomic E-state index is -0.842. The van der Waals surface area contributed by atoms with Crippen LogP contribution in [0.1, 0.15) is 6.42 Å². The standard InChI is InChI=1S/C14H18O5/c1-17-12-4-2-3-5-13(12)19-9-11(14(15)16)10-6-7-18-8-10/h2-5,10-11H,6-9H2,1H3,(H,15,16). The predicted octanol–water partition coefficient (Wildman–Crippen LogP) is 1.81. The molecule has 1 N–H and O–H groups in total. The Labute approximate surface area is 112 Å². The van der Waals surface area contributed by atoms with Crippen molar-refractivity contribution >= 4 is 5.97 Å². The summed E-state index contributed by atoms with van der Waals surface area (Å²) in [5, 5.41) is 9.27. The molecule has 1 fully saturated rings. The maximum Gasteiger partial charge on any atom is 0.310 e. The molecule has 1 heterocycles. The molecule has 2 rings (SSSR count). The minimum absolute atomic E-state index is 0.0206. The molecule has 0 radical (unpaired) electrons. The molecule has 0 spiro atoms. The van der Waals surface area contributed by atoms with Crippen molar-refractivity contribution in [1.29, 1.82) is 0 Å². The number of rotatable bonds is 6. The topological polar surface area (TPSA) is 65.0 Å². The third-order valence-electron chi connectivity index (χ3n) is 3.34. The van der Waals surface area contributed by atoms with Crippen LogP contribution in [0, 0.1) is 11.8 Å². The van der Waals surface area contributed by atoms with E-state index in [2.05, 4.69) is 0 Å². The van der Waals surface area contributed by atoms with E-state index in [1.165, 1.54) is 0 Å². The number of carboxylic acids is 1. The first-order valence-electron chi connectivity index (χ1n) is 6.28. The number of hydrogen-bond donors (Lipinski definition) is 1. The number of aliphatic carboxylic acids is 1. The Morgan fingerprint density at radius 1 is 1.47 bits per heavy atom. The lowest BCUT2D eigenvalue weighted by Gasteiger charge is -2.19. The summed E-state index contributed by atoms with van der Waals surface area (Å²) in [5.41, 5.74) is 0.